The Kier molecular flexibility index (Phi) is 10.1. The summed E-state index contributed by atoms with van der Waals surface area (Å²) in [6.45, 7) is 5.80. The zero-order valence-corrected chi connectivity index (χ0v) is 23.5. The van der Waals surface area contributed by atoms with E-state index in [0.29, 0.717) is 36.3 Å². The second-order valence-electron chi connectivity index (χ2n) is 10.8. The summed E-state index contributed by atoms with van der Waals surface area (Å²) in [5.41, 5.74) is 2.77. The van der Waals surface area contributed by atoms with E-state index in [-0.39, 0.29) is 5.97 Å². The Morgan fingerprint density at radius 2 is 1.29 bits per heavy atom. The molecule has 2 fully saturated rings. The number of carbonyl (C=O) groups is 1. The summed E-state index contributed by atoms with van der Waals surface area (Å²) >= 11 is 1.72. The number of pyridine rings is 1. The van der Waals surface area contributed by atoms with Gasteiger partial charge in [0.1, 0.15) is 0 Å². The Balaban J connectivity index is 1.35. The summed E-state index contributed by atoms with van der Waals surface area (Å²) in [5, 5.41) is 15.4. The highest BCUT2D eigenvalue weighted by atomic mass is 32.2. The third kappa shape index (κ3) is 7.57. The molecule has 0 spiro atoms. The molecule has 4 N–H and O–H groups in total. The monoisotopic (exact) mass is 537 g/mol. The van der Waals surface area contributed by atoms with Gasteiger partial charge in [-0.05, 0) is 69.0 Å². The van der Waals surface area contributed by atoms with E-state index in [4.69, 9.17) is 9.72 Å². The summed E-state index contributed by atoms with van der Waals surface area (Å²) in [4.78, 5) is 19.4. The number of nitrogens with zero attached hydrogens (tertiary/aromatic N) is 1. The molecule has 1 aromatic heterocycles. The van der Waals surface area contributed by atoms with Crippen LogP contribution in [-0.2, 0) is 17.8 Å². The van der Waals surface area contributed by atoms with E-state index in [2.05, 4.69) is 33.4 Å². The van der Waals surface area contributed by atoms with E-state index in [1.54, 1.807) is 11.8 Å². The van der Waals surface area contributed by atoms with Crippen LogP contribution in [0.5, 0.6) is 0 Å². The van der Waals surface area contributed by atoms with Crippen LogP contribution in [0.2, 0.25) is 0 Å². The van der Waals surface area contributed by atoms with Gasteiger partial charge in [-0.25, -0.2) is 4.79 Å². The predicted molar refractivity (Wildman–Crippen MR) is 153 cm³/mol. The van der Waals surface area contributed by atoms with Crippen molar-refractivity contribution in [2.75, 3.05) is 19.7 Å². The molecule has 2 saturated carbocycles. The average Bonchev–Trinajstić information content (AvgIpc) is 2.94. The Hall–Kier alpha value is -1.97. The van der Waals surface area contributed by atoms with Crippen LogP contribution < -0.4 is 21.3 Å². The van der Waals surface area contributed by atoms with Crippen LogP contribution in [0, 0.1) is 0 Å². The normalized spacial score (nSPS) is 26.8. The van der Waals surface area contributed by atoms with Crippen LogP contribution in [-0.4, -0.2) is 54.8 Å². The van der Waals surface area contributed by atoms with E-state index in [9.17, 15) is 4.79 Å². The van der Waals surface area contributed by atoms with Gasteiger partial charge in [-0.3, -0.25) is 4.98 Å². The lowest BCUT2D eigenvalue weighted by atomic mass is 9.89. The molecule has 5 rings (SSSR count). The highest BCUT2D eigenvalue weighted by Crippen LogP contribution is 2.30. The molecule has 0 unspecified atom stereocenters. The Morgan fingerprint density at radius 3 is 1.79 bits per heavy atom. The van der Waals surface area contributed by atoms with Gasteiger partial charge in [0, 0.05) is 60.1 Å². The minimum atomic E-state index is -0.273. The van der Waals surface area contributed by atoms with Crippen molar-refractivity contribution in [2.45, 2.75) is 105 Å². The summed E-state index contributed by atoms with van der Waals surface area (Å²) < 4.78 is 5.13. The molecule has 1 aliphatic heterocycles. The summed E-state index contributed by atoms with van der Waals surface area (Å²) in [7, 11) is 0. The number of esters is 1. The maximum atomic E-state index is 12.0. The van der Waals surface area contributed by atoms with Crippen LogP contribution in [0.1, 0.15) is 80.0 Å². The molecular formula is C30H43N5O2S. The van der Waals surface area contributed by atoms with Crippen molar-refractivity contribution < 1.29 is 9.53 Å². The fourth-order valence-corrected chi connectivity index (χ4v) is 7.03. The fraction of sp³-hybridized carbons (Fsp3) is 0.600. The summed E-state index contributed by atoms with van der Waals surface area (Å²) in [6, 6.07) is 14.1. The lowest BCUT2D eigenvalue weighted by molar-refractivity contribution is 0.0526. The van der Waals surface area contributed by atoms with E-state index in [1.807, 2.05) is 31.2 Å². The molecule has 206 valence electrons. The average molecular weight is 538 g/mol. The highest BCUT2D eigenvalue weighted by Gasteiger charge is 2.27. The first kappa shape index (κ1) is 27.6. The predicted octanol–water partition coefficient (Wildman–Crippen LogP) is 4.40. The van der Waals surface area contributed by atoms with Gasteiger partial charge in [0.15, 0.2) is 0 Å². The number of ether oxygens (including phenoxy) is 1. The van der Waals surface area contributed by atoms with E-state index < -0.39 is 0 Å². The van der Waals surface area contributed by atoms with Crippen LogP contribution in [0.4, 0.5) is 0 Å². The van der Waals surface area contributed by atoms with E-state index >= 15 is 0 Å². The van der Waals surface area contributed by atoms with Crippen LogP contribution in [0.15, 0.2) is 46.2 Å². The molecule has 4 atom stereocenters. The van der Waals surface area contributed by atoms with Crippen molar-refractivity contribution in [3.63, 3.8) is 0 Å². The minimum Gasteiger partial charge on any atom is -0.462 e. The van der Waals surface area contributed by atoms with Crippen molar-refractivity contribution >= 4 is 17.7 Å². The molecule has 38 heavy (non-hydrogen) atoms. The van der Waals surface area contributed by atoms with Gasteiger partial charge in [-0.1, -0.05) is 37.4 Å². The van der Waals surface area contributed by atoms with E-state index in [0.717, 1.165) is 42.5 Å². The second-order valence-corrected chi connectivity index (χ2v) is 11.9. The SMILES string of the molecule is CCOC(=O)c1ccc(Sc2cc3nc(c2)CN[C@@H]2CCCC[C@H]2NCCN[C@@H]2CCCC[C@H]2NC3)cc1. The van der Waals surface area contributed by atoms with Crippen molar-refractivity contribution in [3.05, 3.63) is 53.3 Å². The zero-order valence-electron chi connectivity index (χ0n) is 22.6. The third-order valence-corrected chi connectivity index (χ3v) is 9.05. The number of rotatable bonds is 4. The Labute approximate surface area is 231 Å². The maximum Gasteiger partial charge on any atom is 0.338 e. The number of aromatic nitrogens is 1. The molecule has 3 aliphatic rings. The van der Waals surface area contributed by atoms with Crippen LogP contribution in [0.25, 0.3) is 0 Å². The molecule has 2 bridgehead atoms. The number of hydrogen-bond donors (Lipinski definition) is 4. The molecule has 1 aromatic carbocycles. The molecule has 0 radical (unpaired) electrons. The van der Waals surface area contributed by atoms with Crippen molar-refractivity contribution in [2.24, 2.45) is 0 Å². The number of nitrogens with one attached hydrogen (secondary N) is 4. The van der Waals surface area contributed by atoms with Gasteiger partial charge in [0.25, 0.3) is 0 Å². The maximum absolute atomic E-state index is 12.0. The van der Waals surface area contributed by atoms with Gasteiger partial charge in [0.2, 0.25) is 0 Å². The van der Waals surface area contributed by atoms with Crippen LogP contribution in [0.3, 0.4) is 0 Å². The summed E-state index contributed by atoms with van der Waals surface area (Å²) in [5.74, 6) is -0.273. The molecule has 8 heteroatoms. The largest absolute Gasteiger partial charge is 0.462 e. The fourth-order valence-electron chi connectivity index (χ4n) is 6.09. The molecular weight excluding hydrogens is 494 g/mol. The van der Waals surface area contributed by atoms with E-state index in [1.165, 1.54) is 56.3 Å². The first-order valence-electron chi connectivity index (χ1n) is 14.6. The Morgan fingerprint density at radius 1 is 0.789 bits per heavy atom. The molecule has 2 heterocycles. The van der Waals surface area contributed by atoms with Gasteiger partial charge < -0.3 is 26.0 Å². The summed E-state index contributed by atoms with van der Waals surface area (Å²) in [6.07, 6.45) is 10.1. The molecule has 0 amide bonds. The third-order valence-electron chi connectivity index (χ3n) is 8.07. The number of benzene rings is 1. The lowest BCUT2D eigenvalue weighted by Gasteiger charge is -2.34. The number of fused-ring (bicyclic) bond motifs is 4. The Bertz CT molecular complexity index is 1000. The smallest absolute Gasteiger partial charge is 0.338 e. The van der Waals surface area contributed by atoms with Crippen molar-refractivity contribution in [1.82, 2.24) is 26.3 Å². The van der Waals surface area contributed by atoms with Crippen LogP contribution >= 0.6 is 11.8 Å². The lowest BCUT2D eigenvalue weighted by Crippen LogP contribution is -2.53. The molecule has 7 nitrogen and oxygen atoms in total. The number of hydrogen-bond acceptors (Lipinski definition) is 8. The molecule has 2 aliphatic carbocycles. The molecule has 0 saturated heterocycles. The second kappa shape index (κ2) is 13.9. The minimum absolute atomic E-state index is 0.273. The number of carbonyl (C=O) groups excluding carboxylic acids is 1. The van der Waals surface area contributed by atoms with Crippen molar-refractivity contribution in [3.8, 4) is 0 Å². The quantitative estimate of drug-likeness (QED) is 0.427. The van der Waals surface area contributed by atoms with Gasteiger partial charge in [-0.2, -0.15) is 0 Å². The van der Waals surface area contributed by atoms with Crippen molar-refractivity contribution in [1.29, 1.82) is 0 Å². The zero-order chi connectivity index (χ0) is 26.2. The van der Waals surface area contributed by atoms with Gasteiger partial charge in [-0.15, -0.1) is 0 Å². The van der Waals surface area contributed by atoms with Gasteiger partial charge >= 0.3 is 5.97 Å². The topological polar surface area (TPSA) is 87.3 Å². The van der Waals surface area contributed by atoms with Gasteiger partial charge in [0.05, 0.1) is 23.6 Å². The first-order valence-corrected chi connectivity index (χ1v) is 15.4. The first-order chi connectivity index (χ1) is 18.7. The standard InChI is InChI=1S/C30H43N5O2S/c1-2-37-30(36)21-11-13-24(14-12-21)38-25-17-22-19-33-28-9-5-3-7-26(28)31-15-16-32-27-8-4-6-10-29(27)34-20-23(18-25)35-22/h11-14,17-18,26-29,31-34H,2-10,15-16,19-20H2,1H3/t26-,27-,28-,29-/m1/s1. The molecule has 2 aromatic rings. The highest BCUT2D eigenvalue weighted by molar-refractivity contribution is 7.99.